The number of amides is 1. The van der Waals surface area contributed by atoms with Crippen molar-refractivity contribution in [1.82, 2.24) is 34.4 Å². The number of aromatic nitrogens is 6. The smallest absolute Gasteiger partial charge is 0.274 e. The molecule has 1 amide bonds. The van der Waals surface area contributed by atoms with Crippen molar-refractivity contribution in [3.05, 3.63) is 53.9 Å². The lowest BCUT2D eigenvalue weighted by atomic mass is 9.91. The molecule has 0 saturated carbocycles. The number of carbonyl (C=O) groups excluding carboxylic acids is 1. The molecule has 4 rings (SSSR count). The predicted octanol–water partition coefficient (Wildman–Crippen LogP) is 2.30. The van der Waals surface area contributed by atoms with E-state index in [0.29, 0.717) is 18.8 Å². The average Bonchev–Trinajstić information content (AvgIpc) is 3.07. The lowest BCUT2D eigenvalue weighted by molar-refractivity contribution is 0.0705. The number of hydrogen-bond donors (Lipinski definition) is 0. The molecule has 3 aromatic rings. The number of rotatable bonds is 3. The van der Waals surface area contributed by atoms with Gasteiger partial charge in [-0.2, -0.15) is 0 Å². The summed E-state index contributed by atoms with van der Waals surface area (Å²) < 4.78 is 2.03. The van der Waals surface area contributed by atoms with Crippen molar-refractivity contribution in [3.63, 3.8) is 0 Å². The summed E-state index contributed by atoms with van der Waals surface area (Å²) in [6.07, 6.45) is 10.2. The van der Waals surface area contributed by atoms with Crippen LogP contribution in [0.15, 0.2) is 31.0 Å². The van der Waals surface area contributed by atoms with Crippen LogP contribution in [0.2, 0.25) is 0 Å². The first-order chi connectivity index (χ1) is 13.5. The van der Waals surface area contributed by atoms with Gasteiger partial charge in [0.1, 0.15) is 17.2 Å². The highest BCUT2D eigenvalue weighted by Gasteiger charge is 2.28. The van der Waals surface area contributed by atoms with E-state index in [4.69, 9.17) is 0 Å². The fraction of sp³-hybridized carbons (Fsp3) is 0.400. The van der Waals surface area contributed by atoms with Crippen LogP contribution in [0.4, 0.5) is 0 Å². The Morgan fingerprint density at radius 3 is 2.36 bits per heavy atom. The number of hydrogen-bond acceptors (Lipinski definition) is 6. The molecule has 1 aliphatic rings. The van der Waals surface area contributed by atoms with Crippen LogP contribution in [0.1, 0.15) is 46.5 Å². The number of aryl methyl sites for hydroxylation is 2. The van der Waals surface area contributed by atoms with E-state index in [1.807, 2.05) is 36.6 Å². The van der Waals surface area contributed by atoms with Gasteiger partial charge in [-0.05, 0) is 26.7 Å². The summed E-state index contributed by atoms with van der Waals surface area (Å²) in [6, 6.07) is 0. The third-order valence-electron chi connectivity index (χ3n) is 5.36. The van der Waals surface area contributed by atoms with Crippen molar-refractivity contribution in [2.24, 2.45) is 7.05 Å². The van der Waals surface area contributed by atoms with Crippen LogP contribution in [0.3, 0.4) is 0 Å². The highest BCUT2D eigenvalue weighted by molar-refractivity contribution is 5.92. The molecule has 0 unspecified atom stereocenters. The summed E-state index contributed by atoms with van der Waals surface area (Å²) in [7, 11) is 1.99. The fourth-order valence-electron chi connectivity index (χ4n) is 3.59. The molecule has 144 valence electrons. The van der Waals surface area contributed by atoms with Crippen molar-refractivity contribution < 1.29 is 4.79 Å². The van der Waals surface area contributed by atoms with E-state index >= 15 is 0 Å². The topological polar surface area (TPSA) is 89.7 Å². The van der Waals surface area contributed by atoms with Crippen molar-refractivity contribution in [3.8, 4) is 11.4 Å². The molecule has 0 bridgehead atoms. The largest absolute Gasteiger partial charge is 0.337 e. The summed E-state index contributed by atoms with van der Waals surface area (Å²) in [5, 5.41) is 0. The standard InChI is InChI=1S/C20H23N7O/c1-13-10-25-16(11-23-13)20(28)27-8-4-15(5-9-27)18-19(22-7-6-21-18)17-12-24-14(2)26(17)3/h6-7,10-12,15H,4-5,8-9H2,1-3H3. The monoisotopic (exact) mass is 377 g/mol. The predicted molar refractivity (Wildman–Crippen MR) is 104 cm³/mol. The van der Waals surface area contributed by atoms with Crippen molar-refractivity contribution in [1.29, 1.82) is 0 Å². The Morgan fingerprint density at radius 1 is 0.964 bits per heavy atom. The normalized spacial score (nSPS) is 15.0. The van der Waals surface area contributed by atoms with Crippen LogP contribution in [0.5, 0.6) is 0 Å². The zero-order valence-electron chi connectivity index (χ0n) is 16.3. The number of piperidine rings is 1. The minimum Gasteiger partial charge on any atom is -0.337 e. The molecule has 1 fully saturated rings. The third-order valence-corrected chi connectivity index (χ3v) is 5.36. The minimum absolute atomic E-state index is 0.0624. The van der Waals surface area contributed by atoms with Crippen LogP contribution in [-0.2, 0) is 7.05 Å². The van der Waals surface area contributed by atoms with Crippen molar-refractivity contribution >= 4 is 5.91 Å². The zero-order valence-corrected chi connectivity index (χ0v) is 16.3. The molecule has 0 N–H and O–H groups in total. The molecule has 3 aromatic heterocycles. The molecule has 28 heavy (non-hydrogen) atoms. The van der Waals surface area contributed by atoms with E-state index < -0.39 is 0 Å². The highest BCUT2D eigenvalue weighted by Crippen LogP contribution is 2.33. The molecule has 1 saturated heterocycles. The van der Waals surface area contributed by atoms with Gasteiger partial charge in [0.2, 0.25) is 0 Å². The summed E-state index contributed by atoms with van der Waals surface area (Å²) >= 11 is 0. The fourth-order valence-corrected chi connectivity index (χ4v) is 3.59. The Labute approximate surface area is 163 Å². The number of carbonyl (C=O) groups is 1. The van der Waals surface area contributed by atoms with Gasteiger partial charge in [0.25, 0.3) is 5.91 Å². The SMILES string of the molecule is Cc1cnc(C(=O)N2CCC(c3nccnc3-c3cnc(C)n3C)CC2)cn1. The van der Waals surface area contributed by atoms with E-state index in [9.17, 15) is 4.79 Å². The number of nitrogens with zero attached hydrogens (tertiary/aromatic N) is 7. The molecule has 0 aromatic carbocycles. The van der Waals surface area contributed by atoms with Crippen LogP contribution >= 0.6 is 0 Å². The van der Waals surface area contributed by atoms with Crippen LogP contribution in [0.25, 0.3) is 11.4 Å². The first-order valence-electron chi connectivity index (χ1n) is 9.42. The van der Waals surface area contributed by atoms with Gasteiger partial charge >= 0.3 is 0 Å². The van der Waals surface area contributed by atoms with E-state index in [-0.39, 0.29) is 11.8 Å². The average molecular weight is 377 g/mol. The second kappa shape index (κ2) is 7.46. The number of imidazole rings is 1. The Hall–Kier alpha value is -3.16. The summed E-state index contributed by atoms with van der Waals surface area (Å²) in [6.45, 7) is 5.16. The molecule has 0 atom stereocenters. The molecular weight excluding hydrogens is 354 g/mol. The first kappa shape index (κ1) is 18.2. The highest BCUT2D eigenvalue weighted by atomic mass is 16.2. The van der Waals surface area contributed by atoms with Gasteiger partial charge in [-0.15, -0.1) is 0 Å². The Bertz CT molecular complexity index is 988. The summed E-state index contributed by atoms with van der Waals surface area (Å²) in [5.41, 5.74) is 4.02. The quantitative estimate of drug-likeness (QED) is 0.696. The molecule has 0 spiro atoms. The second-order valence-electron chi connectivity index (χ2n) is 7.15. The van der Waals surface area contributed by atoms with Gasteiger partial charge in [-0.1, -0.05) is 0 Å². The molecule has 0 aliphatic carbocycles. The summed E-state index contributed by atoms with van der Waals surface area (Å²) in [4.78, 5) is 36.5. The van der Waals surface area contributed by atoms with Gasteiger partial charge in [0.15, 0.2) is 0 Å². The molecular formula is C20H23N7O. The van der Waals surface area contributed by atoms with E-state index in [1.165, 1.54) is 0 Å². The molecule has 4 heterocycles. The van der Waals surface area contributed by atoms with Crippen molar-refractivity contribution in [2.75, 3.05) is 13.1 Å². The summed E-state index contributed by atoms with van der Waals surface area (Å²) in [5.74, 6) is 1.13. The van der Waals surface area contributed by atoms with E-state index in [1.54, 1.807) is 24.8 Å². The lowest BCUT2D eigenvalue weighted by Gasteiger charge is -2.32. The molecule has 8 heteroatoms. The van der Waals surface area contributed by atoms with Crippen LogP contribution in [0, 0.1) is 13.8 Å². The molecule has 8 nitrogen and oxygen atoms in total. The van der Waals surface area contributed by atoms with Crippen LogP contribution < -0.4 is 0 Å². The Morgan fingerprint density at radius 2 is 1.71 bits per heavy atom. The molecule has 0 radical (unpaired) electrons. The van der Waals surface area contributed by atoms with Gasteiger partial charge in [-0.3, -0.25) is 19.7 Å². The third kappa shape index (κ3) is 3.37. The van der Waals surface area contributed by atoms with Gasteiger partial charge in [-0.25, -0.2) is 9.97 Å². The zero-order chi connectivity index (χ0) is 19.7. The lowest BCUT2D eigenvalue weighted by Crippen LogP contribution is -2.38. The van der Waals surface area contributed by atoms with Gasteiger partial charge < -0.3 is 9.47 Å². The second-order valence-corrected chi connectivity index (χ2v) is 7.15. The first-order valence-corrected chi connectivity index (χ1v) is 9.42. The maximum atomic E-state index is 12.7. The van der Waals surface area contributed by atoms with Crippen molar-refractivity contribution in [2.45, 2.75) is 32.6 Å². The Kier molecular flexibility index (Phi) is 4.85. The van der Waals surface area contributed by atoms with E-state index in [0.717, 1.165) is 41.4 Å². The molecule has 1 aliphatic heterocycles. The Balaban J connectivity index is 1.51. The number of likely N-dealkylation sites (tertiary alicyclic amines) is 1. The maximum absolute atomic E-state index is 12.7. The van der Waals surface area contributed by atoms with E-state index in [2.05, 4.69) is 24.9 Å². The minimum atomic E-state index is -0.0624. The van der Waals surface area contributed by atoms with Crippen LogP contribution in [-0.4, -0.2) is 53.4 Å². The maximum Gasteiger partial charge on any atom is 0.274 e. The van der Waals surface area contributed by atoms with Gasteiger partial charge in [0, 0.05) is 44.6 Å². The van der Waals surface area contributed by atoms with Gasteiger partial charge in [0.05, 0.1) is 29.5 Å².